The minimum absolute atomic E-state index is 0.391. The number of hydrogen-bond donors (Lipinski definition) is 2. The van der Waals surface area contributed by atoms with E-state index in [0.29, 0.717) is 11.5 Å². The average molecular weight is 395 g/mol. The summed E-state index contributed by atoms with van der Waals surface area (Å²) in [5.74, 6) is 1.23. The summed E-state index contributed by atoms with van der Waals surface area (Å²) in [5.41, 5.74) is 4.22. The molecule has 4 aromatic heterocycles. The van der Waals surface area contributed by atoms with Crippen LogP contribution in [0.1, 0.15) is 5.69 Å². The van der Waals surface area contributed by atoms with Crippen molar-refractivity contribution >= 4 is 28.2 Å². The van der Waals surface area contributed by atoms with Crippen molar-refractivity contribution in [3.05, 3.63) is 55.0 Å². The number of nitrogens with one attached hydrogen (secondary N) is 2. The molecule has 4 rings (SSSR count). The Kier molecular flexibility index (Phi) is 5.03. The van der Waals surface area contributed by atoms with Gasteiger partial charge in [-0.15, -0.1) is 0 Å². The quantitative estimate of drug-likeness (QED) is 0.508. The second-order valence-corrected chi connectivity index (χ2v) is 6.56. The fourth-order valence-electron chi connectivity index (χ4n) is 3.03. The van der Waals surface area contributed by atoms with Gasteiger partial charge in [-0.05, 0) is 19.1 Å². The summed E-state index contributed by atoms with van der Waals surface area (Å²) in [6.45, 7) is 1.53. The summed E-state index contributed by atoms with van der Waals surface area (Å²) < 4.78 is 26.3. The number of aromatic nitrogens is 5. The first-order valence-electron chi connectivity index (χ1n) is 8.99. The van der Waals surface area contributed by atoms with Crippen molar-refractivity contribution in [1.82, 2.24) is 24.5 Å². The fraction of sp³-hybridized carbons (Fsp3) is 0.200. The first kappa shape index (κ1) is 18.7. The predicted molar refractivity (Wildman–Crippen MR) is 109 cm³/mol. The molecule has 7 nitrogen and oxygen atoms in total. The molecule has 0 fully saturated rings. The topological polar surface area (TPSA) is 80.5 Å². The molecule has 0 aliphatic rings. The van der Waals surface area contributed by atoms with Crippen LogP contribution in [-0.2, 0) is 6.54 Å². The van der Waals surface area contributed by atoms with Gasteiger partial charge < -0.3 is 15.2 Å². The zero-order valence-corrected chi connectivity index (χ0v) is 15.9. The Morgan fingerprint density at radius 1 is 1.00 bits per heavy atom. The highest BCUT2D eigenvalue weighted by Crippen LogP contribution is 2.28. The largest absolute Gasteiger partial charge is 0.373 e. The van der Waals surface area contributed by atoms with Crippen LogP contribution in [0.3, 0.4) is 0 Å². The van der Waals surface area contributed by atoms with E-state index in [1.165, 1.54) is 17.1 Å². The fourth-order valence-corrected chi connectivity index (χ4v) is 3.03. The molecule has 0 aliphatic carbocycles. The SMILES string of the molecule is CNc1cc2ncc(-c3cc(Nc4cn(CC(F)F)cn4)cnc3C)cc2cn1. The summed E-state index contributed by atoms with van der Waals surface area (Å²) >= 11 is 0. The van der Waals surface area contributed by atoms with Gasteiger partial charge in [0.2, 0.25) is 0 Å². The zero-order chi connectivity index (χ0) is 20.4. The van der Waals surface area contributed by atoms with Gasteiger partial charge in [0.05, 0.1) is 30.3 Å². The summed E-state index contributed by atoms with van der Waals surface area (Å²) in [6, 6.07) is 5.84. The molecule has 4 heterocycles. The molecule has 0 saturated heterocycles. The van der Waals surface area contributed by atoms with Crippen LogP contribution in [0.5, 0.6) is 0 Å². The molecule has 4 aromatic rings. The summed E-state index contributed by atoms with van der Waals surface area (Å²) in [6.07, 6.45) is 5.74. The van der Waals surface area contributed by atoms with E-state index >= 15 is 0 Å². The maximum absolute atomic E-state index is 12.5. The van der Waals surface area contributed by atoms with Gasteiger partial charge in [-0.25, -0.2) is 18.7 Å². The van der Waals surface area contributed by atoms with Crippen molar-refractivity contribution in [2.75, 3.05) is 17.7 Å². The van der Waals surface area contributed by atoms with Crippen LogP contribution in [0.25, 0.3) is 22.0 Å². The molecule has 0 saturated carbocycles. The normalized spacial score (nSPS) is 11.2. The lowest BCUT2D eigenvalue weighted by Crippen LogP contribution is -2.03. The van der Waals surface area contributed by atoms with Gasteiger partial charge in [-0.3, -0.25) is 9.97 Å². The van der Waals surface area contributed by atoms with Gasteiger partial charge in [0.15, 0.2) is 0 Å². The van der Waals surface area contributed by atoms with Crippen LogP contribution in [-0.4, -0.2) is 38.0 Å². The molecule has 0 aliphatic heterocycles. The van der Waals surface area contributed by atoms with Crippen LogP contribution in [0.2, 0.25) is 0 Å². The molecule has 29 heavy (non-hydrogen) atoms. The molecule has 0 radical (unpaired) electrons. The number of pyridine rings is 3. The van der Waals surface area contributed by atoms with E-state index in [2.05, 4.69) is 30.6 Å². The van der Waals surface area contributed by atoms with E-state index < -0.39 is 13.0 Å². The molecule has 0 spiro atoms. The van der Waals surface area contributed by atoms with Crippen molar-refractivity contribution in [2.45, 2.75) is 19.9 Å². The molecule has 0 amide bonds. The van der Waals surface area contributed by atoms with Gasteiger partial charge in [-0.1, -0.05) is 0 Å². The molecule has 0 unspecified atom stereocenters. The average Bonchev–Trinajstić information content (AvgIpc) is 3.14. The maximum atomic E-state index is 12.5. The second kappa shape index (κ2) is 7.78. The lowest BCUT2D eigenvalue weighted by molar-refractivity contribution is 0.126. The van der Waals surface area contributed by atoms with E-state index in [9.17, 15) is 8.78 Å². The van der Waals surface area contributed by atoms with E-state index in [1.54, 1.807) is 18.6 Å². The Hall–Kier alpha value is -3.62. The number of aryl methyl sites for hydroxylation is 1. The number of fused-ring (bicyclic) bond motifs is 1. The third-order valence-electron chi connectivity index (χ3n) is 4.47. The molecule has 148 valence electrons. The molecule has 0 aromatic carbocycles. The number of halogens is 2. The van der Waals surface area contributed by atoms with Crippen molar-refractivity contribution in [3.63, 3.8) is 0 Å². The highest BCUT2D eigenvalue weighted by molar-refractivity contribution is 5.85. The molecule has 0 bridgehead atoms. The highest BCUT2D eigenvalue weighted by Gasteiger charge is 2.10. The Labute approximate surface area is 165 Å². The monoisotopic (exact) mass is 395 g/mol. The van der Waals surface area contributed by atoms with Gasteiger partial charge in [0, 0.05) is 53.9 Å². The van der Waals surface area contributed by atoms with Crippen LogP contribution < -0.4 is 10.6 Å². The van der Waals surface area contributed by atoms with Crippen molar-refractivity contribution in [3.8, 4) is 11.1 Å². The number of nitrogens with zero attached hydrogens (tertiary/aromatic N) is 5. The van der Waals surface area contributed by atoms with Gasteiger partial charge in [-0.2, -0.15) is 0 Å². The second-order valence-electron chi connectivity index (χ2n) is 6.56. The lowest BCUT2D eigenvalue weighted by Gasteiger charge is -2.10. The molecule has 9 heteroatoms. The third-order valence-corrected chi connectivity index (χ3v) is 4.47. The molecule has 2 N–H and O–H groups in total. The van der Waals surface area contributed by atoms with Crippen molar-refractivity contribution < 1.29 is 8.78 Å². The number of imidazole rings is 1. The molecular weight excluding hydrogens is 376 g/mol. The Morgan fingerprint density at radius 3 is 2.66 bits per heavy atom. The smallest absolute Gasteiger partial charge is 0.256 e. The van der Waals surface area contributed by atoms with Crippen LogP contribution in [0, 0.1) is 6.92 Å². The van der Waals surface area contributed by atoms with E-state index in [1.807, 2.05) is 32.2 Å². The first-order chi connectivity index (χ1) is 14.0. The Morgan fingerprint density at radius 2 is 1.86 bits per heavy atom. The standard InChI is InChI=1S/C20H19F2N7/c1-12-16(13-3-14-7-26-19(23-2)5-17(14)25-6-13)4-15(8-24-12)28-20-10-29(11-27-20)9-18(21)22/h3-8,10-11,18,28H,9H2,1-2H3,(H,23,26). The number of hydrogen-bond acceptors (Lipinski definition) is 6. The van der Waals surface area contributed by atoms with Gasteiger partial charge in [0.25, 0.3) is 6.43 Å². The minimum Gasteiger partial charge on any atom is -0.373 e. The maximum Gasteiger partial charge on any atom is 0.256 e. The van der Waals surface area contributed by atoms with Crippen LogP contribution in [0.15, 0.2) is 49.3 Å². The minimum atomic E-state index is -2.43. The van der Waals surface area contributed by atoms with Crippen LogP contribution in [0.4, 0.5) is 26.1 Å². The molecular formula is C20H19F2N7. The number of alkyl halides is 2. The third kappa shape index (κ3) is 4.13. The molecule has 0 atom stereocenters. The highest BCUT2D eigenvalue weighted by atomic mass is 19.3. The lowest BCUT2D eigenvalue weighted by atomic mass is 10.0. The van der Waals surface area contributed by atoms with E-state index in [-0.39, 0.29) is 0 Å². The van der Waals surface area contributed by atoms with Gasteiger partial charge >= 0.3 is 0 Å². The van der Waals surface area contributed by atoms with E-state index in [4.69, 9.17) is 0 Å². The van der Waals surface area contributed by atoms with Gasteiger partial charge in [0.1, 0.15) is 11.6 Å². The van der Waals surface area contributed by atoms with E-state index in [0.717, 1.165) is 33.5 Å². The predicted octanol–water partition coefficient (Wildman–Crippen LogP) is 4.25. The van der Waals surface area contributed by atoms with Crippen LogP contribution >= 0.6 is 0 Å². The Balaban J connectivity index is 1.63. The van der Waals surface area contributed by atoms with Crippen molar-refractivity contribution in [1.29, 1.82) is 0 Å². The number of rotatable bonds is 6. The summed E-state index contributed by atoms with van der Waals surface area (Å²) in [4.78, 5) is 17.4. The number of anilines is 3. The Bertz CT molecular complexity index is 1160. The summed E-state index contributed by atoms with van der Waals surface area (Å²) in [5, 5.41) is 7.03. The van der Waals surface area contributed by atoms with Crippen molar-refractivity contribution in [2.24, 2.45) is 0 Å². The summed E-state index contributed by atoms with van der Waals surface area (Å²) in [7, 11) is 1.81. The first-order valence-corrected chi connectivity index (χ1v) is 8.99. The zero-order valence-electron chi connectivity index (χ0n) is 15.9.